The number of anilines is 3. The molecule has 9 heteroatoms. The molecule has 2 aromatic carbocycles. The molecule has 0 atom stereocenters. The molecule has 1 fully saturated rings. The number of carbonyl (C=O) groups is 3. The van der Waals surface area contributed by atoms with E-state index in [0.29, 0.717) is 36.1 Å². The van der Waals surface area contributed by atoms with Crippen molar-refractivity contribution in [3.05, 3.63) is 72.9 Å². The summed E-state index contributed by atoms with van der Waals surface area (Å²) >= 11 is 0. The van der Waals surface area contributed by atoms with Crippen LogP contribution in [0.1, 0.15) is 6.92 Å². The van der Waals surface area contributed by atoms with Crippen LogP contribution in [0.3, 0.4) is 0 Å². The Hall–Kier alpha value is -4.40. The predicted molar refractivity (Wildman–Crippen MR) is 120 cm³/mol. The minimum absolute atomic E-state index is 0.210. The van der Waals surface area contributed by atoms with Crippen LogP contribution >= 0.6 is 0 Å². The van der Waals surface area contributed by atoms with Crippen LogP contribution in [0, 0.1) is 0 Å². The van der Waals surface area contributed by atoms with Crippen molar-refractivity contribution in [2.24, 2.45) is 0 Å². The van der Waals surface area contributed by atoms with Crippen molar-refractivity contribution in [2.45, 2.75) is 6.92 Å². The number of rotatable bonds is 5. The lowest BCUT2D eigenvalue weighted by Crippen LogP contribution is -2.39. The number of hydrogen-bond donors (Lipinski definition) is 2. The molecule has 2 heterocycles. The van der Waals surface area contributed by atoms with Crippen molar-refractivity contribution in [1.29, 1.82) is 0 Å². The summed E-state index contributed by atoms with van der Waals surface area (Å²) < 4.78 is 5.77. The summed E-state index contributed by atoms with van der Waals surface area (Å²) in [5.41, 5.74) is 1.24. The average molecular weight is 431 g/mol. The number of urea groups is 2. The van der Waals surface area contributed by atoms with Crippen LogP contribution in [-0.2, 0) is 4.79 Å². The zero-order valence-electron chi connectivity index (χ0n) is 17.3. The Bertz CT molecular complexity index is 1130. The first-order valence-electron chi connectivity index (χ1n) is 9.96. The third kappa shape index (κ3) is 4.84. The molecular weight excluding hydrogens is 410 g/mol. The van der Waals surface area contributed by atoms with E-state index in [4.69, 9.17) is 4.74 Å². The molecule has 0 spiro atoms. The quantitative estimate of drug-likeness (QED) is 0.627. The van der Waals surface area contributed by atoms with E-state index in [1.807, 2.05) is 30.3 Å². The molecule has 32 heavy (non-hydrogen) atoms. The second kappa shape index (κ2) is 9.17. The smallest absolute Gasteiger partial charge is 0.332 e. The maximum Gasteiger partial charge on any atom is 0.332 e. The van der Waals surface area contributed by atoms with Gasteiger partial charge in [-0.25, -0.2) is 19.5 Å². The fraction of sp³-hybridized carbons (Fsp3) is 0.130. The van der Waals surface area contributed by atoms with Gasteiger partial charge in [-0.15, -0.1) is 0 Å². The lowest BCUT2D eigenvalue weighted by molar-refractivity contribution is -0.114. The first-order valence-corrected chi connectivity index (χ1v) is 9.96. The van der Waals surface area contributed by atoms with Crippen molar-refractivity contribution in [3.63, 3.8) is 0 Å². The number of amides is 5. The van der Waals surface area contributed by atoms with E-state index in [1.165, 1.54) is 18.0 Å². The SMILES string of the molecule is CC(=O)Nc1ccc(Oc2cccc(NC(=O)N3CCN(c4ccccc4)C3=O)c2)cn1. The monoisotopic (exact) mass is 431 g/mol. The highest BCUT2D eigenvalue weighted by Gasteiger charge is 2.34. The lowest BCUT2D eigenvalue weighted by Gasteiger charge is -2.18. The van der Waals surface area contributed by atoms with Gasteiger partial charge in [0.15, 0.2) is 0 Å². The Morgan fingerprint density at radius 2 is 1.75 bits per heavy atom. The van der Waals surface area contributed by atoms with Crippen LogP contribution in [0.4, 0.5) is 26.8 Å². The van der Waals surface area contributed by atoms with Gasteiger partial charge in [-0.05, 0) is 36.4 Å². The predicted octanol–water partition coefficient (Wildman–Crippen LogP) is 4.31. The lowest BCUT2D eigenvalue weighted by atomic mass is 10.3. The number of pyridine rings is 1. The molecule has 5 amide bonds. The van der Waals surface area contributed by atoms with Gasteiger partial charge in [0.2, 0.25) is 5.91 Å². The Kier molecular flexibility index (Phi) is 5.98. The summed E-state index contributed by atoms with van der Waals surface area (Å²) in [7, 11) is 0. The average Bonchev–Trinajstić information content (AvgIpc) is 3.17. The molecule has 1 saturated heterocycles. The van der Waals surface area contributed by atoms with E-state index in [1.54, 1.807) is 41.3 Å². The Balaban J connectivity index is 1.39. The van der Waals surface area contributed by atoms with Gasteiger partial charge in [-0.3, -0.25) is 9.69 Å². The molecule has 4 rings (SSSR count). The van der Waals surface area contributed by atoms with Gasteiger partial charge in [0.1, 0.15) is 17.3 Å². The van der Waals surface area contributed by atoms with Gasteiger partial charge < -0.3 is 15.4 Å². The van der Waals surface area contributed by atoms with Gasteiger partial charge in [-0.2, -0.15) is 0 Å². The first kappa shape index (κ1) is 20.9. The van der Waals surface area contributed by atoms with E-state index in [0.717, 1.165) is 5.69 Å². The maximum atomic E-state index is 12.7. The van der Waals surface area contributed by atoms with Crippen LogP contribution < -0.4 is 20.3 Å². The standard InChI is InChI=1S/C23H21N5O4/c1-16(29)25-21-11-10-20(15-24-21)32-19-9-5-6-17(14-19)26-22(30)28-13-12-27(23(28)31)18-7-3-2-4-8-18/h2-11,14-15H,12-13H2,1H3,(H,26,30)(H,24,25,29). The molecule has 9 nitrogen and oxygen atoms in total. The number of imide groups is 1. The van der Waals surface area contributed by atoms with Gasteiger partial charge in [0, 0.05) is 30.9 Å². The fourth-order valence-corrected chi connectivity index (χ4v) is 3.23. The number of nitrogens with one attached hydrogen (secondary N) is 2. The highest BCUT2D eigenvalue weighted by Crippen LogP contribution is 2.25. The topological polar surface area (TPSA) is 104 Å². The molecule has 162 valence electrons. The third-order valence-electron chi connectivity index (χ3n) is 4.68. The van der Waals surface area contributed by atoms with E-state index >= 15 is 0 Å². The molecule has 0 saturated carbocycles. The summed E-state index contributed by atoms with van der Waals surface area (Å²) in [5.74, 6) is 1.16. The number of nitrogens with zero attached hydrogens (tertiary/aromatic N) is 3. The van der Waals surface area contributed by atoms with Crippen molar-refractivity contribution >= 4 is 35.2 Å². The molecule has 1 aromatic heterocycles. The zero-order chi connectivity index (χ0) is 22.5. The minimum atomic E-state index is -0.507. The van der Waals surface area contributed by atoms with Crippen molar-refractivity contribution < 1.29 is 19.1 Å². The minimum Gasteiger partial charge on any atom is -0.456 e. The van der Waals surface area contributed by atoms with Crippen LogP contribution in [0.15, 0.2) is 72.9 Å². The van der Waals surface area contributed by atoms with Crippen molar-refractivity contribution in [1.82, 2.24) is 9.88 Å². The van der Waals surface area contributed by atoms with E-state index < -0.39 is 6.03 Å². The largest absolute Gasteiger partial charge is 0.456 e. The van der Waals surface area contributed by atoms with Gasteiger partial charge in [0.25, 0.3) is 0 Å². The van der Waals surface area contributed by atoms with Gasteiger partial charge in [0.05, 0.1) is 12.7 Å². The van der Waals surface area contributed by atoms with E-state index in [2.05, 4.69) is 15.6 Å². The molecule has 0 aliphatic carbocycles. The number of hydrogen-bond acceptors (Lipinski definition) is 5. The molecule has 0 unspecified atom stereocenters. The van der Waals surface area contributed by atoms with Crippen LogP contribution in [0.5, 0.6) is 11.5 Å². The van der Waals surface area contributed by atoms with Crippen molar-refractivity contribution in [2.75, 3.05) is 28.6 Å². The van der Waals surface area contributed by atoms with Crippen LogP contribution in [-0.4, -0.2) is 40.9 Å². The Morgan fingerprint density at radius 1 is 0.938 bits per heavy atom. The molecule has 1 aliphatic rings. The number of benzene rings is 2. The Labute approximate surface area is 184 Å². The van der Waals surface area contributed by atoms with Crippen molar-refractivity contribution in [3.8, 4) is 11.5 Å². The fourth-order valence-electron chi connectivity index (χ4n) is 3.23. The number of para-hydroxylation sites is 1. The number of aromatic nitrogens is 1. The van der Waals surface area contributed by atoms with E-state index in [-0.39, 0.29) is 11.9 Å². The molecule has 2 N–H and O–H groups in total. The number of carbonyl (C=O) groups excluding carboxylic acids is 3. The molecule has 0 radical (unpaired) electrons. The summed E-state index contributed by atoms with van der Waals surface area (Å²) in [6.45, 7) is 2.13. The zero-order valence-corrected chi connectivity index (χ0v) is 17.3. The molecular formula is C23H21N5O4. The first-order chi connectivity index (χ1) is 15.5. The summed E-state index contributed by atoms with van der Waals surface area (Å²) in [6.07, 6.45) is 1.48. The third-order valence-corrected chi connectivity index (χ3v) is 4.68. The highest BCUT2D eigenvalue weighted by atomic mass is 16.5. The van der Waals surface area contributed by atoms with Crippen LogP contribution in [0.25, 0.3) is 0 Å². The van der Waals surface area contributed by atoms with Gasteiger partial charge >= 0.3 is 12.1 Å². The molecule has 0 bridgehead atoms. The normalized spacial score (nSPS) is 13.1. The van der Waals surface area contributed by atoms with Gasteiger partial charge in [-0.1, -0.05) is 24.3 Å². The number of ether oxygens (including phenoxy) is 1. The van der Waals surface area contributed by atoms with Crippen LogP contribution in [0.2, 0.25) is 0 Å². The molecule has 1 aliphatic heterocycles. The summed E-state index contributed by atoms with van der Waals surface area (Å²) in [5, 5.41) is 5.32. The highest BCUT2D eigenvalue weighted by molar-refractivity contribution is 6.08. The summed E-state index contributed by atoms with van der Waals surface area (Å²) in [4.78, 5) is 43.3. The molecule has 3 aromatic rings. The second-order valence-corrected chi connectivity index (χ2v) is 7.04. The maximum absolute atomic E-state index is 12.7. The summed E-state index contributed by atoms with van der Waals surface area (Å²) in [6, 6.07) is 18.5. The second-order valence-electron chi connectivity index (χ2n) is 7.04. The van der Waals surface area contributed by atoms with E-state index in [9.17, 15) is 14.4 Å². The Morgan fingerprint density at radius 3 is 2.47 bits per heavy atom.